The smallest absolute Gasteiger partial charge is 0.521 e. The van der Waals surface area contributed by atoms with Gasteiger partial charge in [0.15, 0.2) is 0 Å². The second kappa shape index (κ2) is 18.1. The van der Waals surface area contributed by atoms with Crippen molar-refractivity contribution in [1.29, 1.82) is 0 Å². The fourth-order valence-corrected chi connectivity index (χ4v) is 2.89. The van der Waals surface area contributed by atoms with E-state index >= 15 is 0 Å². The molecule has 0 fully saturated rings. The molecule has 5 rings (SSSR count). The molecular formula is C26H26Cl2SiZr. The molecule has 0 aliphatic heterocycles. The number of hydrogen-bond acceptors (Lipinski definition) is 0. The van der Waals surface area contributed by atoms with Crippen molar-refractivity contribution >= 4 is 61.8 Å². The van der Waals surface area contributed by atoms with Gasteiger partial charge in [-0.3, -0.25) is 6.58 Å². The van der Waals surface area contributed by atoms with Crippen LogP contribution in [0.4, 0.5) is 0 Å². The predicted molar refractivity (Wildman–Crippen MR) is 138 cm³/mol. The minimum atomic E-state index is 0. The summed E-state index contributed by atoms with van der Waals surface area (Å²) in [5.74, 6) is 0. The van der Waals surface area contributed by atoms with Gasteiger partial charge in [-0.25, -0.2) is 0 Å². The zero-order valence-corrected chi connectivity index (χ0v) is 22.3. The Bertz CT molecular complexity index is 912. The molecule has 0 bridgehead atoms. The van der Waals surface area contributed by atoms with Crippen molar-refractivity contribution in [2.75, 3.05) is 0 Å². The van der Waals surface area contributed by atoms with E-state index in [2.05, 4.69) is 110 Å². The van der Waals surface area contributed by atoms with Gasteiger partial charge in [0.05, 0.1) is 0 Å². The molecule has 5 aromatic rings. The van der Waals surface area contributed by atoms with Crippen molar-refractivity contribution in [2.45, 2.75) is 0 Å². The van der Waals surface area contributed by atoms with Gasteiger partial charge in [-0.15, -0.1) is 84.1 Å². The summed E-state index contributed by atoms with van der Waals surface area (Å²) in [5.41, 5.74) is 0. The van der Waals surface area contributed by atoms with E-state index in [0.717, 1.165) is 0 Å². The Hall–Kier alpha value is -1.70. The minimum Gasteiger partial charge on any atom is -0.521 e. The zero-order valence-electron chi connectivity index (χ0n) is 16.8. The van der Waals surface area contributed by atoms with Crippen molar-refractivity contribution in [2.24, 2.45) is 0 Å². The van der Waals surface area contributed by atoms with Gasteiger partial charge in [0, 0.05) is 10.2 Å². The summed E-state index contributed by atoms with van der Waals surface area (Å²) in [4.78, 5) is 0. The number of halogens is 2. The summed E-state index contributed by atoms with van der Waals surface area (Å²) in [6.07, 6.45) is 0. The normalized spacial score (nSPS) is 8.30. The molecule has 0 saturated heterocycles. The van der Waals surface area contributed by atoms with Crippen LogP contribution in [0.3, 0.4) is 0 Å². The van der Waals surface area contributed by atoms with Gasteiger partial charge in [-0.05, 0) is 0 Å². The van der Waals surface area contributed by atoms with E-state index in [-0.39, 0.29) is 51.0 Å². The summed E-state index contributed by atoms with van der Waals surface area (Å²) in [5, 5.41) is 6.67. The molecule has 152 valence electrons. The predicted octanol–water partition coefficient (Wildman–Crippen LogP) is 6.51. The molecule has 0 aliphatic carbocycles. The Kier molecular flexibility index (Phi) is 18.4. The molecule has 0 nitrogen and oxygen atoms in total. The molecule has 0 N–H and O–H groups in total. The molecule has 4 heteroatoms. The third-order valence-corrected chi connectivity index (χ3v) is 4.41. The standard InChI is InChI=1S/2C9H7.C6H7Si.C2H3.2ClH.Zr/c2*1-2-5-9-7-3-6-8(9)4-1;7-6-4-2-1-3-5-6;1-2;;;/h2*1-7H;1-5H,7H2;1H,2H2;2*1H;/q2*-1;;-1;;;+3. The summed E-state index contributed by atoms with van der Waals surface area (Å²) in [7, 11) is 1.90. The number of rotatable bonds is 0. The van der Waals surface area contributed by atoms with Gasteiger partial charge in [0.25, 0.3) is 0 Å². The van der Waals surface area contributed by atoms with Crippen LogP contribution >= 0.6 is 24.8 Å². The third kappa shape index (κ3) is 10.4. The first-order valence-corrected chi connectivity index (χ1v) is 9.52. The average Bonchev–Trinajstić information content (AvgIpc) is 3.40. The van der Waals surface area contributed by atoms with E-state index in [9.17, 15) is 0 Å². The van der Waals surface area contributed by atoms with Crippen molar-refractivity contribution in [3.05, 3.63) is 128 Å². The number of benzene rings is 3. The maximum Gasteiger partial charge on any atom is 3.00 e. The minimum absolute atomic E-state index is 0. The first-order chi connectivity index (χ1) is 13.3. The Morgan fingerprint density at radius 1 is 0.567 bits per heavy atom. The summed E-state index contributed by atoms with van der Waals surface area (Å²) < 4.78 is 0. The van der Waals surface area contributed by atoms with E-state index in [4.69, 9.17) is 0 Å². The maximum atomic E-state index is 4.25. The Balaban J connectivity index is 0. The molecule has 0 saturated carbocycles. The Labute approximate surface area is 215 Å². The van der Waals surface area contributed by atoms with Crippen LogP contribution in [0.25, 0.3) is 21.5 Å². The van der Waals surface area contributed by atoms with Crippen molar-refractivity contribution in [1.82, 2.24) is 0 Å². The van der Waals surface area contributed by atoms with Crippen molar-refractivity contribution in [3.63, 3.8) is 0 Å². The van der Waals surface area contributed by atoms with Crippen LogP contribution < -0.4 is 5.19 Å². The molecule has 0 atom stereocenters. The second-order valence-corrected chi connectivity index (χ2v) is 6.61. The second-order valence-electron chi connectivity index (χ2n) is 5.79. The van der Waals surface area contributed by atoms with Crippen LogP contribution in [0.1, 0.15) is 0 Å². The van der Waals surface area contributed by atoms with Crippen molar-refractivity contribution in [3.8, 4) is 0 Å². The molecule has 0 amide bonds. The molecule has 0 spiro atoms. The molecule has 0 aromatic heterocycles. The van der Waals surface area contributed by atoms with Gasteiger partial charge < -0.3 is 6.58 Å². The fraction of sp³-hybridized carbons (Fsp3) is 0. The van der Waals surface area contributed by atoms with Gasteiger partial charge >= 0.3 is 26.2 Å². The van der Waals surface area contributed by atoms with Crippen LogP contribution in [0.5, 0.6) is 0 Å². The monoisotopic (exact) mass is 526 g/mol. The van der Waals surface area contributed by atoms with Gasteiger partial charge in [0.1, 0.15) is 0 Å². The summed E-state index contributed by atoms with van der Waals surface area (Å²) in [6.45, 7) is 7.00. The van der Waals surface area contributed by atoms with E-state index < -0.39 is 0 Å². The fourth-order valence-electron chi connectivity index (χ4n) is 2.62. The molecule has 0 heterocycles. The Morgan fingerprint density at radius 2 is 0.933 bits per heavy atom. The molecule has 0 aliphatic rings. The first-order valence-electron chi connectivity index (χ1n) is 8.82. The third-order valence-electron chi connectivity index (χ3n) is 3.94. The van der Waals surface area contributed by atoms with Crippen LogP contribution in [0, 0.1) is 6.58 Å². The zero-order chi connectivity index (χ0) is 19.3. The van der Waals surface area contributed by atoms with E-state index in [1.54, 1.807) is 0 Å². The summed E-state index contributed by atoms with van der Waals surface area (Å²) in [6, 6.07) is 39.6. The van der Waals surface area contributed by atoms with E-state index in [1.165, 1.54) is 26.7 Å². The van der Waals surface area contributed by atoms with E-state index in [0.29, 0.717) is 0 Å². The number of hydrogen-bond donors (Lipinski definition) is 0. The molecule has 2 radical (unpaired) electrons. The molecular weight excluding hydrogens is 503 g/mol. The van der Waals surface area contributed by atoms with Crippen molar-refractivity contribution < 1.29 is 26.2 Å². The molecule has 5 aromatic carbocycles. The van der Waals surface area contributed by atoms with Crippen LogP contribution in [-0.2, 0) is 26.2 Å². The largest absolute Gasteiger partial charge is 3.00 e. The maximum absolute atomic E-state index is 4.25. The van der Waals surface area contributed by atoms with Crippen LogP contribution in [-0.4, -0.2) is 10.2 Å². The molecule has 0 unspecified atom stereocenters. The first kappa shape index (κ1) is 30.5. The van der Waals surface area contributed by atoms with Gasteiger partial charge in [0.2, 0.25) is 0 Å². The van der Waals surface area contributed by atoms with Crippen LogP contribution in [0.15, 0.2) is 122 Å². The van der Waals surface area contributed by atoms with Gasteiger partial charge in [-0.2, -0.15) is 35.0 Å². The average molecular weight is 529 g/mol. The quantitative estimate of drug-likeness (QED) is 0.159. The summed E-state index contributed by atoms with van der Waals surface area (Å²) >= 11 is 0. The number of fused-ring (bicyclic) bond motifs is 2. The topological polar surface area (TPSA) is 0 Å². The SMILES string of the molecule is Cl.Cl.[CH-]=C.[SiH2]c1ccccc1.[Zr+3].c1ccc2[cH-]ccc2c1.c1ccc2[cH-]ccc2c1. The van der Waals surface area contributed by atoms with Crippen LogP contribution in [0.2, 0.25) is 0 Å². The molecule has 30 heavy (non-hydrogen) atoms. The Morgan fingerprint density at radius 3 is 1.27 bits per heavy atom. The van der Waals surface area contributed by atoms with Gasteiger partial charge in [-0.1, -0.05) is 47.7 Å². The van der Waals surface area contributed by atoms with E-state index in [1.807, 2.05) is 28.4 Å².